The van der Waals surface area contributed by atoms with Crippen molar-refractivity contribution < 1.29 is 19.1 Å². The number of amides is 2. The van der Waals surface area contributed by atoms with Gasteiger partial charge in [-0.15, -0.1) is 0 Å². The molecule has 1 aliphatic heterocycles. The normalized spacial score (nSPS) is 17.1. The van der Waals surface area contributed by atoms with Crippen LogP contribution in [0.4, 0.5) is 4.39 Å². The van der Waals surface area contributed by atoms with Gasteiger partial charge in [-0.1, -0.05) is 6.07 Å². The third kappa shape index (κ3) is 3.30. The SMILES string of the molecule is O=C1CCC(=O)N1CCC(O)c1ccc(I)cc1F. The van der Waals surface area contributed by atoms with Gasteiger partial charge in [0.05, 0.1) is 6.10 Å². The van der Waals surface area contributed by atoms with Gasteiger partial charge >= 0.3 is 0 Å². The van der Waals surface area contributed by atoms with Gasteiger partial charge in [-0.05, 0) is 41.1 Å². The Hall–Kier alpha value is -1.02. The first-order valence-electron chi connectivity index (χ1n) is 5.95. The molecule has 2 rings (SSSR count). The summed E-state index contributed by atoms with van der Waals surface area (Å²) in [7, 11) is 0. The molecule has 0 spiro atoms. The number of carbonyl (C=O) groups is 2. The number of aliphatic hydroxyl groups is 1. The zero-order chi connectivity index (χ0) is 14.0. The molecule has 0 radical (unpaired) electrons. The third-order valence-corrected chi connectivity index (χ3v) is 3.77. The summed E-state index contributed by atoms with van der Waals surface area (Å²) >= 11 is 1.98. The molecule has 1 heterocycles. The van der Waals surface area contributed by atoms with Crippen LogP contribution in [-0.4, -0.2) is 28.4 Å². The van der Waals surface area contributed by atoms with Crippen molar-refractivity contribution in [3.8, 4) is 0 Å². The minimum atomic E-state index is -1.02. The van der Waals surface area contributed by atoms with Crippen molar-refractivity contribution in [1.82, 2.24) is 4.90 Å². The highest BCUT2D eigenvalue weighted by molar-refractivity contribution is 14.1. The lowest BCUT2D eigenvalue weighted by atomic mass is 10.1. The molecule has 0 bridgehead atoms. The summed E-state index contributed by atoms with van der Waals surface area (Å²) in [4.78, 5) is 23.9. The first-order chi connectivity index (χ1) is 8.99. The molecule has 1 aromatic rings. The lowest BCUT2D eigenvalue weighted by molar-refractivity contribution is -0.138. The highest BCUT2D eigenvalue weighted by atomic mass is 127. The summed E-state index contributed by atoms with van der Waals surface area (Å²) in [6, 6.07) is 4.56. The summed E-state index contributed by atoms with van der Waals surface area (Å²) in [6.07, 6.45) is -0.410. The Morgan fingerprint density at radius 2 is 1.95 bits per heavy atom. The predicted molar refractivity (Wildman–Crippen MR) is 74.6 cm³/mol. The summed E-state index contributed by atoms with van der Waals surface area (Å²) < 4.78 is 14.4. The zero-order valence-electron chi connectivity index (χ0n) is 10.1. The summed E-state index contributed by atoms with van der Waals surface area (Å²) in [5, 5.41) is 9.93. The molecule has 19 heavy (non-hydrogen) atoms. The fourth-order valence-electron chi connectivity index (χ4n) is 2.05. The van der Waals surface area contributed by atoms with E-state index in [1.54, 1.807) is 6.07 Å². The molecule has 0 saturated carbocycles. The van der Waals surface area contributed by atoms with E-state index in [9.17, 15) is 19.1 Å². The highest BCUT2D eigenvalue weighted by Crippen LogP contribution is 2.23. The Morgan fingerprint density at radius 1 is 1.32 bits per heavy atom. The van der Waals surface area contributed by atoms with Crippen LogP contribution in [0.2, 0.25) is 0 Å². The van der Waals surface area contributed by atoms with Crippen LogP contribution in [0.1, 0.15) is 30.9 Å². The van der Waals surface area contributed by atoms with Crippen molar-refractivity contribution >= 4 is 34.4 Å². The summed E-state index contributed by atoms with van der Waals surface area (Å²) in [5.74, 6) is -0.918. The van der Waals surface area contributed by atoms with Gasteiger partial charge in [0.25, 0.3) is 0 Å². The van der Waals surface area contributed by atoms with E-state index in [1.807, 2.05) is 22.6 Å². The molecule has 0 aromatic heterocycles. The zero-order valence-corrected chi connectivity index (χ0v) is 12.3. The van der Waals surface area contributed by atoms with Crippen LogP contribution < -0.4 is 0 Å². The van der Waals surface area contributed by atoms with Gasteiger partial charge in [-0.3, -0.25) is 14.5 Å². The second-order valence-corrected chi connectivity index (χ2v) is 5.66. The second-order valence-electron chi connectivity index (χ2n) is 4.41. The van der Waals surface area contributed by atoms with Crippen molar-refractivity contribution in [3.05, 3.63) is 33.1 Å². The number of nitrogens with zero attached hydrogens (tertiary/aromatic N) is 1. The van der Waals surface area contributed by atoms with Crippen LogP contribution in [0.15, 0.2) is 18.2 Å². The third-order valence-electron chi connectivity index (χ3n) is 3.10. The Morgan fingerprint density at radius 3 is 2.53 bits per heavy atom. The number of imide groups is 1. The standard InChI is InChI=1S/C13H13FINO3/c14-10-7-8(15)1-2-9(10)11(17)5-6-16-12(18)3-4-13(16)19/h1-2,7,11,17H,3-6H2. The number of hydrogen-bond donors (Lipinski definition) is 1. The van der Waals surface area contributed by atoms with E-state index in [4.69, 9.17) is 0 Å². The Labute approximate surface area is 123 Å². The van der Waals surface area contributed by atoms with Crippen molar-refractivity contribution in [1.29, 1.82) is 0 Å². The van der Waals surface area contributed by atoms with E-state index < -0.39 is 11.9 Å². The topological polar surface area (TPSA) is 57.6 Å². The van der Waals surface area contributed by atoms with Crippen LogP contribution >= 0.6 is 22.6 Å². The minimum absolute atomic E-state index is 0.129. The van der Waals surface area contributed by atoms with Crippen LogP contribution in [0.5, 0.6) is 0 Å². The summed E-state index contributed by atoms with van der Waals surface area (Å²) in [5.41, 5.74) is 0.194. The predicted octanol–water partition coefficient (Wildman–Crippen LogP) is 2.00. The van der Waals surface area contributed by atoms with E-state index in [-0.39, 0.29) is 43.2 Å². The maximum atomic E-state index is 13.6. The largest absolute Gasteiger partial charge is 0.388 e. The minimum Gasteiger partial charge on any atom is -0.388 e. The average Bonchev–Trinajstić information content (AvgIpc) is 2.66. The maximum absolute atomic E-state index is 13.6. The fraction of sp³-hybridized carbons (Fsp3) is 0.385. The van der Waals surface area contributed by atoms with Crippen LogP contribution in [0, 0.1) is 9.39 Å². The molecule has 1 fully saturated rings. The van der Waals surface area contributed by atoms with Crippen LogP contribution in [-0.2, 0) is 9.59 Å². The molecule has 1 saturated heterocycles. The van der Waals surface area contributed by atoms with E-state index in [0.717, 1.165) is 8.47 Å². The molecular weight excluding hydrogens is 364 g/mol. The molecule has 1 unspecified atom stereocenters. The molecule has 4 nitrogen and oxygen atoms in total. The smallest absolute Gasteiger partial charge is 0.229 e. The van der Waals surface area contributed by atoms with E-state index in [2.05, 4.69) is 0 Å². The van der Waals surface area contributed by atoms with Crippen molar-refractivity contribution in [2.75, 3.05) is 6.54 Å². The second kappa shape index (κ2) is 5.96. The van der Waals surface area contributed by atoms with Gasteiger partial charge < -0.3 is 5.11 Å². The first-order valence-corrected chi connectivity index (χ1v) is 7.03. The first kappa shape index (κ1) is 14.4. The summed E-state index contributed by atoms with van der Waals surface area (Å²) in [6.45, 7) is 0.129. The molecule has 1 atom stereocenters. The Kier molecular flexibility index (Phi) is 4.51. The van der Waals surface area contributed by atoms with Gasteiger partial charge in [0, 0.05) is 28.5 Å². The molecule has 1 aromatic carbocycles. The number of hydrogen-bond acceptors (Lipinski definition) is 3. The van der Waals surface area contributed by atoms with Gasteiger partial charge in [-0.2, -0.15) is 0 Å². The molecule has 6 heteroatoms. The molecule has 1 aliphatic rings. The van der Waals surface area contributed by atoms with Crippen LogP contribution in [0.25, 0.3) is 0 Å². The van der Waals surface area contributed by atoms with Crippen molar-refractivity contribution in [3.63, 3.8) is 0 Å². The molecular formula is C13H13FINO3. The van der Waals surface area contributed by atoms with Crippen molar-refractivity contribution in [2.45, 2.75) is 25.4 Å². The van der Waals surface area contributed by atoms with Gasteiger partial charge in [0.2, 0.25) is 11.8 Å². The van der Waals surface area contributed by atoms with E-state index in [0.29, 0.717) is 0 Å². The Bertz CT molecular complexity index is 505. The number of halogens is 2. The number of aliphatic hydroxyl groups excluding tert-OH is 1. The highest BCUT2D eigenvalue weighted by Gasteiger charge is 2.29. The van der Waals surface area contributed by atoms with Crippen LogP contribution in [0.3, 0.4) is 0 Å². The quantitative estimate of drug-likeness (QED) is 0.645. The van der Waals surface area contributed by atoms with E-state index >= 15 is 0 Å². The Balaban J connectivity index is 1.99. The molecule has 1 N–H and O–H groups in total. The number of rotatable bonds is 4. The van der Waals surface area contributed by atoms with Gasteiger partial charge in [0.15, 0.2) is 0 Å². The lowest BCUT2D eigenvalue weighted by Gasteiger charge is -2.17. The number of likely N-dealkylation sites (tertiary alicyclic amines) is 1. The van der Waals surface area contributed by atoms with Gasteiger partial charge in [-0.25, -0.2) is 4.39 Å². The van der Waals surface area contributed by atoms with E-state index in [1.165, 1.54) is 12.1 Å². The molecule has 102 valence electrons. The fourth-order valence-corrected chi connectivity index (χ4v) is 2.50. The average molecular weight is 377 g/mol. The molecule has 2 amide bonds. The molecule has 0 aliphatic carbocycles. The monoisotopic (exact) mass is 377 g/mol. The number of carbonyl (C=O) groups excluding carboxylic acids is 2. The maximum Gasteiger partial charge on any atom is 0.229 e. The van der Waals surface area contributed by atoms with Crippen molar-refractivity contribution in [2.24, 2.45) is 0 Å². The number of benzene rings is 1. The lowest BCUT2D eigenvalue weighted by Crippen LogP contribution is -2.31. The van der Waals surface area contributed by atoms with Gasteiger partial charge in [0.1, 0.15) is 5.82 Å².